The van der Waals surface area contributed by atoms with Gasteiger partial charge in [-0.1, -0.05) is 6.07 Å². The standard InChI is InChI=1S/C20H22N4O2S/c1-13-23-17-10-14(2-5-18(17)24(13)16-3-4-16)11-22-19(25)6-8-21-20(26)15-7-9-27-12-15/h2,5,7,9-10,12,16H,3-4,6,8,11H2,1H3,(H,21,26)(H,22,25). The number of fused-ring (bicyclic) bond motifs is 1. The molecule has 2 N–H and O–H groups in total. The number of imidazole rings is 1. The molecule has 0 unspecified atom stereocenters. The number of aryl methyl sites for hydroxylation is 1. The van der Waals surface area contributed by atoms with Crippen LogP contribution in [-0.4, -0.2) is 27.9 Å². The van der Waals surface area contributed by atoms with Crippen molar-refractivity contribution in [2.45, 2.75) is 38.8 Å². The molecule has 6 nitrogen and oxygen atoms in total. The van der Waals surface area contributed by atoms with E-state index in [1.807, 2.05) is 24.4 Å². The van der Waals surface area contributed by atoms with Gasteiger partial charge in [0, 0.05) is 36.5 Å². The summed E-state index contributed by atoms with van der Waals surface area (Å²) in [4.78, 5) is 28.5. The Kier molecular flexibility index (Phi) is 4.94. The van der Waals surface area contributed by atoms with Gasteiger partial charge in [-0.3, -0.25) is 9.59 Å². The van der Waals surface area contributed by atoms with E-state index in [1.54, 1.807) is 11.4 Å². The number of aromatic nitrogens is 2. The van der Waals surface area contributed by atoms with Crippen molar-refractivity contribution in [1.29, 1.82) is 0 Å². The van der Waals surface area contributed by atoms with E-state index in [-0.39, 0.29) is 18.2 Å². The number of hydrogen-bond donors (Lipinski definition) is 2. The second-order valence-electron chi connectivity index (χ2n) is 6.88. The Morgan fingerprint density at radius 2 is 2.11 bits per heavy atom. The van der Waals surface area contributed by atoms with Crippen LogP contribution in [0.1, 0.15) is 47.1 Å². The molecule has 4 rings (SSSR count). The fraction of sp³-hybridized carbons (Fsp3) is 0.350. The van der Waals surface area contributed by atoms with E-state index in [2.05, 4.69) is 26.3 Å². The van der Waals surface area contributed by atoms with Crippen molar-refractivity contribution < 1.29 is 9.59 Å². The summed E-state index contributed by atoms with van der Waals surface area (Å²) in [6.07, 6.45) is 2.72. The molecule has 0 radical (unpaired) electrons. The summed E-state index contributed by atoms with van der Waals surface area (Å²) in [5, 5.41) is 9.31. The van der Waals surface area contributed by atoms with Gasteiger partial charge in [0.2, 0.25) is 5.91 Å². The van der Waals surface area contributed by atoms with Crippen LogP contribution in [-0.2, 0) is 11.3 Å². The number of carbonyl (C=O) groups is 2. The van der Waals surface area contributed by atoms with Crippen molar-refractivity contribution in [3.63, 3.8) is 0 Å². The molecule has 0 bridgehead atoms. The van der Waals surface area contributed by atoms with Crippen LogP contribution in [0.3, 0.4) is 0 Å². The van der Waals surface area contributed by atoms with Crippen molar-refractivity contribution in [2.24, 2.45) is 0 Å². The summed E-state index contributed by atoms with van der Waals surface area (Å²) in [6, 6.07) is 8.55. The highest BCUT2D eigenvalue weighted by Gasteiger charge is 2.26. The maximum Gasteiger partial charge on any atom is 0.252 e. The quantitative estimate of drug-likeness (QED) is 0.659. The number of hydrogen-bond acceptors (Lipinski definition) is 4. The lowest BCUT2D eigenvalue weighted by Crippen LogP contribution is -2.30. The molecule has 7 heteroatoms. The molecule has 0 aliphatic heterocycles. The molecule has 1 aliphatic rings. The molecule has 1 saturated carbocycles. The normalized spacial score (nSPS) is 13.7. The smallest absolute Gasteiger partial charge is 0.252 e. The third kappa shape index (κ3) is 4.03. The maximum atomic E-state index is 12.0. The van der Waals surface area contributed by atoms with Crippen molar-refractivity contribution in [3.8, 4) is 0 Å². The zero-order valence-corrected chi connectivity index (χ0v) is 16.0. The van der Waals surface area contributed by atoms with Crippen molar-refractivity contribution in [1.82, 2.24) is 20.2 Å². The largest absolute Gasteiger partial charge is 0.352 e. The predicted octanol–water partition coefficient (Wildman–Crippen LogP) is 3.18. The zero-order chi connectivity index (χ0) is 18.8. The molecule has 2 amide bonds. The Morgan fingerprint density at radius 1 is 1.26 bits per heavy atom. The number of thiophene rings is 1. The van der Waals surface area contributed by atoms with Crippen molar-refractivity contribution >= 4 is 34.2 Å². The lowest BCUT2D eigenvalue weighted by molar-refractivity contribution is -0.121. The van der Waals surface area contributed by atoms with Gasteiger partial charge < -0.3 is 15.2 Å². The SMILES string of the molecule is Cc1nc2cc(CNC(=O)CCNC(=O)c3ccsc3)ccc2n1C1CC1. The van der Waals surface area contributed by atoms with Gasteiger partial charge in [0.1, 0.15) is 5.82 Å². The van der Waals surface area contributed by atoms with Crippen LogP contribution in [0.2, 0.25) is 0 Å². The molecular weight excluding hydrogens is 360 g/mol. The number of nitrogens with zero attached hydrogens (tertiary/aromatic N) is 2. The van der Waals surface area contributed by atoms with E-state index in [9.17, 15) is 9.59 Å². The number of amides is 2. The van der Waals surface area contributed by atoms with Crippen molar-refractivity contribution in [2.75, 3.05) is 6.54 Å². The lowest BCUT2D eigenvalue weighted by Gasteiger charge is -2.07. The van der Waals surface area contributed by atoms with E-state index >= 15 is 0 Å². The van der Waals surface area contributed by atoms with E-state index in [0.717, 1.165) is 16.9 Å². The number of carbonyl (C=O) groups excluding carboxylic acids is 2. The van der Waals surface area contributed by atoms with E-state index in [4.69, 9.17) is 0 Å². The monoisotopic (exact) mass is 382 g/mol. The third-order valence-corrected chi connectivity index (χ3v) is 5.44. The van der Waals surface area contributed by atoms with E-state index < -0.39 is 0 Å². The fourth-order valence-electron chi connectivity index (χ4n) is 3.24. The van der Waals surface area contributed by atoms with Crippen LogP contribution >= 0.6 is 11.3 Å². The number of benzene rings is 1. The molecule has 140 valence electrons. The summed E-state index contributed by atoms with van der Waals surface area (Å²) in [7, 11) is 0. The average molecular weight is 382 g/mol. The van der Waals surface area contributed by atoms with E-state index in [0.29, 0.717) is 24.7 Å². The molecule has 0 saturated heterocycles. The van der Waals surface area contributed by atoms with Gasteiger partial charge in [-0.25, -0.2) is 4.98 Å². The third-order valence-electron chi connectivity index (χ3n) is 4.75. The first-order valence-corrected chi connectivity index (χ1v) is 10.1. The van der Waals surface area contributed by atoms with Gasteiger partial charge in [-0.2, -0.15) is 11.3 Å². The van der Waals surface area contributed by atoms with Crippen LogP contribution in [0.15, 0.2) is 35.0 Å². The highest BCUT2D eigenvalue weighted by atomic mass is 32.1. The van der Waals surface area contributed by atoms with Crippen LogP contribution < -0.4 is 10.6 Å². The van der Waals surface area contributed by atoms with Crippen LogP contribution in [0.4, 0.5) is 0 Å². The Hall–Kier alpha value is -2.67. The minimum Gasteiger partial charge on any atom is -0.352 e. The topological polar surface area (TPSA) is 76.0 Å². The highest BCUT2D eigenvalue weighted by molar-refractivity contribution is 7.08. The summed E-state index contributed by atoms with van der Waals surface area (Å²) in [5.74, 6) is 0.826. The number of nitrogens with one attached hydrogen (secondary N) is 2. The molecule has 27 heavy (non-hydrogen) atoms. The molecule has 1 aromatic carbocycles. The molecule has 1 aliphatic carbocycles. The lowest BCUT2D eigenvalue weighted by atomic mass is 10.2. The van der Waals surface area contributed by atoms with Crippen LogP contribution in [0.25, 0.3) is 11.0 Å². The summed E-state index contributed by atoms with van der Waals surface area (Å²) in [6.45, 7) is 2.83. The minimum absolute atomic E-state index is 0.0830. The molecule has 0 atom stereocenters. The van der Waals surface area contributed by atoms with Crippen LogP contribution in [0.5, 0.6) is 0 Å². The average Bonchev–Trinajstić information content (AvgIpc) is 3.21. The first-order valence-electron chi connectivity index (χ1n) is 9.16. The molecule has 3 aromatic rings. The minimum atomic E-state index is -0.142. The molecule has 0 spiro atoms. The van der Waals surface area contributed by atoms with Crippen molar-refractivity contribution in [3.05, 3.63) is 52.0 Å². The summed E-state index contributed by atoms with van der Waals surface area (Å²) < 4.78 is 2.31. The van der Waals surface area contributed by atoms with Gasteiger partial charge in [0.25, 0.3) is 5.91 Å². The molecule has 2 aromatic heterocycles. The predicted molar refractivity (Wildman–Crippen MR) is 106 cm³/mol. The zero-order valence-electron chi connectivity index (χ0n) is 15.2. The molecule has 2 heterocycles. The van der Waals surface area contributed by atoms with Gasteiger partial charge in [-0.05, 0) is 48.9 Å². The highest BCUT2D eigenvalue weighted by Crippen LogP contribution is 2.38. The molecule has 1 fully saturated rings. The van der Waals surface area contributed by atoms with Gasteiger partial charge >= 0.3 is 0 Å². The van der Waals surface area contributed by atoms with Gasteiger partial charge in [-0.15, -0.1) is 0 Å². The Balaban J connectivity index is 1.28. The fourth-order valence-corrected chi connectivity index (χ4v) is 3.88. The second-order valence-corrected chi connectivity index (χ2v) is 7.66. The second kappa shape index (κ2) is 7.52. The Bertz CT molecular complexity index is 973. The molecular formula is C20H22N4O2S. The first-order chi connectivity index (χ1) is 13.1. The Labute approximate surface area is 161 Å². The number of rotatable bonds is 7. The van der Waals surface area contributed by atoms with Gasteiger partial charge in [0.05, 0.1) is 11.0 Å². The van der Waals surface area contributed by atoms with E-state index in [1.165, 1.54) is 29.7 Å². The van der Waals surface area contributed by atoms with Gasteiger partial charge in [0.15, 0.2) is 0 Å². The summed E-state index contributed by atoms with van der Waals surface area (Å²) >= 11 is 1.47. The maximum absolute atomic E-state index is 12.0. The first kappa shape index (κ1) is 17.7. The summed E-state index contributed by atoms with van der Waals surface area (Å²) in [5.41, 5.74) is 3.81. The van der Waals surface area contributed by atoms with Crippen LogP contribution in [0, 0.1) is 6.92 Å². The Morgan fingerprint density at radius 3 is 2.85 bits per heavy atom.